The zero-order chi connectivity index (χ0) is 14.6. The molecule has 19 heavy (non-hydrogen) atoms. The Balaban J connectivity index is 2.75. The second-order valence-corrected chi connectivity index (χ2v) is 5.68. The minimum absolute atomic E-state index is 0.273. The topological polar surface area (TPSA) is 132 Å². The lowest BCUT2D eigenvalue weighted by Gasteiger charge is -2.07. The maximum atomic E-state index is 11.7. The second-order valence-electron chi connectivity index (χ2n) is 3.59. The monoisotopic (exact) mass is 291 g/mol. The van der Waals surface area contributed by atoms with Crippen LogP contribution in [0.4, 0.5) is 0 Å². The molecule has 0 saturated heterocycles. The number of hydrogen-bond donors (Lipinski definition) is 2. The quantitative estimate of drug-likeness (QED) is 0.624. The van der Waals surface area contributed by atoms with E-state index < -0.39 is 28.4 Å². The first-order valence-electron chi connectivity index (χ1n) is 4.98. The number of furan rings is 1. The van der Waals surface area contributed by atoms with Gasteiger partial charge in [0.25, 0.3) is 10.0 Å². The third-order valence-corrected chi connectivity index (χ3v) is 3.61. The van der Waals surface area contributed by atoms with Crippen LogP contribution in [0.2, 0.25) is 0 Å². The van der Waals surface area contributed by atoms with E-state index in [0.717, 1.165) is 10.4 Å². The van der Waals surface area contributed by atoms with Crippen molar-refractivity contribution in [2.45, 2.75) is 5.09 Å². The van der Waals surface area contributed by atoms with Gasteiger partial charge in [-0.05, 0) is 12.1 Å². The average Bonchev–Trinajstić information content (AvgIpc) is 2.77. The highest BCUT2D eigenvalue weighted by Crippen LogP contribution is 2.16. The van der Waals surface area contributed by atoms with Gasteiger partial charge in [0.05, 0.1) is 0 Å². The largest absolute Gasteiger partial charge is 0.438 e. The summed E-state index contributed by atoms with van der Waals surface area (Å²) >= 11 is 0. The fourth-order valence-electron chi connectivity index (χ4n) is 0.984. The number of hydroxylamine groups is 1. The summed E-state index contributed by atoms with van der Waals surface area (Å²) in [7, 11) is -1.10. The highest BCUT2D eigenvalue weighted by Gasteiger charge is 2.23. The summed E-state index contributed by atoms with van der Waals surface area (Å²) in [5.41, 5.74) is 6.67. The molecule has 0 unspecified atom stereocenters. The molecular weight excluding hydrogens is 278 g/mol. The third kappa shape index (κ3) is 3.77. The average molecular weight is 291 g/mol. The number of sulfonamides is 1. The molecule has 0 bridgehead atoms. The van der Waals surface area contributed by atoms with E-state index in [-0.39, 0.29) is 10.9 Å². The molecule has 0 spiro atoms. The van der Waals surface area contributed by atoms with Crippen LogP contribution in [0.15, 0.2) is 21.6 Å². The number of nitrogens with two attached hydrogens (primary N) is 1. The Kier molecular flexibility index (Phi) is 4.64. The Bertz CT molecular complexity index is 577. The van der Waals surface area contributed by atoms with Crippen molar-refractivity contribution in [1.82, 2.24) is 9.79 Å². The van der Waals surface area contributed by atoms with Gasteiger partial charge in [0.15, 0.2) is 12.4 Å². The summed E-state index contributed by atoms with van der Waals surface area (Å²) in [6, 6.07) is 2.30. The van der Waals surface area contributed by atoms with Crippen LogP contribution < -0.4 is 11.2 Å². The summed E-state index contributed by atoms with van der Waals surface area (Å²) in [6.07, 6.45) is 0. The standard InChI is InChI=1S/C9H13N3O6S/c1-12(2)19(15,16)8-4-3-6(18-8)9(14)11-17-5-7(10)13/h3-4H,5H2,1-2H3,(H2,10,13)(H,11,14). The Morgan fingerprint density at radius 2 is 2.05 bits per heavy atom. The fourth-order valence-corrected chi connectivity index (χ4v) is 1.78. The van der Waals surface area contributed by atoms with E-state index in [1.807, 2.05) is 5.48 Å². The van der Waals surface area contributed by atoms with E-state index >= 15 is 0 Å². The van der Waals surface area contributed by atoms with E-state index in [0.29, 0.717) is 0 Å². The SMILES string of the molecule is CN(C)S(=O)(=O)c1ccc(C(=O)NOCC(N)=O)o1. The number of nitrogens with one attached hydrogen (secondary N) is 1. The zero-order valence-corrected chi connectivity index (χ0v) is 11.1. The minimum Gasteiger partial charge on any atom is -0.438 e. The first kappa shape index (κ1) is 15.1. The van der Waals surface area contributed by atoms with Gasteiger partial charge in [-0.2, -0.15) is 0 Å². The molecule has 0 aliphatic carbocycles. The molecule has 0 saturated carbocycles. The van der Waals surface area contributed by atoms with Gasteiger partial charge in [-0.1, -0.05) is 0 Å². The van der Waals surface area contributed by atoms with Gasteiger partial charge in [0.1, 0.15) is 0 Å². The van der Waals surface area contributed by atoms with Gasteiger partial charge in [-0.15, -0.1) is 0 Å². The van der Waals surface area contributed by atoms with Crippen molar-refractivity contribution in [3.8, 4) is 0 Å². The van der Waals surface area contributed by atoms with Gasteiger partial charge >= 0.3 is 5.91 Å². The first-order valence-corrected chi connectivity index (χ1v) is 6.42. The lowest BCUT2D eigenvalue weighted by atomic mass is 10.4. The Hall–Kier alpha value is -1.91. The van der Waals surface area contributed by atoms with Gasteiger partial charge in [-0.25, -0.2) is 18.2 Å². The molecule has 0 fully saturated rings. The third-order valence-electron chi connectivity index (χ3n) is 1.92. The summed E-state index contributed by atoms with van der Waals surface area (Å²) < 4.78 is 29.2. The van der Waals surface area contributed by atoms with E-state index in [9.17, 15) is 18.0 Å². The van der Waals surface area contributed by atoms with Crippen LogP contribution in [-0.4, -0.2) is 45.2 Å². The molecule has 0 atom stereocenters. The van der Waals surface area contributed by atoms with Crippen molar-refractivity contribution < 1.29 is 27.3 Å². The molecule has 10 heteroatoms. The number of carbonyl (C=O) groups excluding carboxylic acids is 2. The second kappa shape index (κ2) is 5.82. The Morgan fingerprint density at radius 3 is 2.58 bits per heavy atom. The molecule has 0 aliphatic heterocycles. The van der Waals surface area contributed by atoms with Crippen LogP contribution in [0.3, 0.4) is 0 Å². The summed E-state index contributed by atoms with van der Waals surface area (Å²) in [4.78, 5) is 26.3. The van der Waals surface area contributed by atoms with E-state index in [2.05, 4.69) is 4.84 Å². The Labute approximate surface area is 109 Å². The highest BCUT2D eigenvalue weighted by atomic mass is 32.2. The van der Waals surface area contributed by atoms with E-state index in [1.54, 1.807) is 0 Å². The van der Waals surface area contributed by atoms with Crippen molar-refractivity contribution >= 4 is 21.8 Å². The maximum absolute atomic E-state index is 11.7. The molecular formula is C9H13N3O6S. The van der Waals surface area contributed by atoms with Gasteiger partial charge in [0.2, 0.25) is 11.0 Å². The number of hydrogen-bond acceptors (Lipinski definition) is 6. The molecule has 1 aromatic heterocycles. The molecule has 1 aromatic rings. The van der Waals surface area contributed by atoms with Crippen LogP contribution in [-0.2, 0) is 19.7 Å². The molecule has 1 heterocycles. The van der Waals surface area contributed by atoms with Crippen molar-refractivity contribution in [1.29, 1.82) is 0 Å². The molecule has 1 rings (SSSR count). The lowest BCUT2D eigenvalue weighted by molar-refractivity contribution is -0.124. The normalized spacial score (nSPS) is 11.5. The molecule has 9 nitrogen and oxygen atoms in total. The summed E-state index contributed by atoms with van der Waals surface area (Å²) in [5.74, 6) is -1.87. The minimum atomic E-state index is -3.75. The summed E-state index contributed by atoms with van der Waals surface area (Å²) in [5, 5.41) is -0.377. The maximum Gasteiger partial charge on any atom is 0.310 e. The van der Waals surface area contributed by atoms with E-state index in [1.165, 1.54) is 20.2 Å². The molecule has 0 aromatic carbocycles. The zero-order valence-electron chi connectivity index (χ0n) is 10.2. The molecule has 3 N–H and O–H groups in total. The molecule has 0 aliphatic rings. The smallest absolute Gasteiger partial charge is 0.310 e. The predicted molar refractivity (Wildman–Crippen MR) is 62.2 cm³/mol. The number of carbonyl (C=O) groups is 2. The predicted octanol–water partition coefficient (Wildman–Crippen LogP) is -1.32. The fraction of sp³-hybridized carbons (Fsp3) is 0.333. The number of amides is 2. The molecule has 2 amide bonds. The number of rotatable bonds is 6. The van der Waals surface area contributed by atoms with Crippen molar-refractivity contribution in [3.05, 3.63) is 17.9 Å². The summed E-state index contributed by atoms with van der Waals surface area (Å²) in [6.45, 7) is -0.505. The number of nitrogens with zero attached hydrogens (tertiary/aromatic N) is 1. The van der Waals surface area contributed by atoms with Gasteiger partial charge < -0.3 is 10.2 Å². The van der Waals surface area contributed by atoms with Crippen molar-refractivity contribution in [3.63, 3.8) is 0 Å². The van der Waals surface area contributed by atoms with Crippen molar-refractivity contribution in [2.75, 3.05) is 20.7 Å². The first-order chi connectivity index (χ1) is 8.75. The highest BCUT2D eigenvalue weighted by molar-refractivity contribution is 7.88. The van der Waals surface area contributed by atoms with Crippen LogP contribution in [0, 0.1) is 0 Å². The van der Waals surface area contributed by atoms with Gasteiger partial charge in [-0.3, -0.25) is 14.4 Å². The molecule has 0 radical (unpaired) electrons. The van der Waals surface area contributed by atoms with Gasteiger partial charge in [0, 0.05) is 14.1 Å². The molecule has 106 valence electrons. The number of primary amides is 1. The van der Waals surface area contributed by atoms with Crippen LogP contribution in [0.1, 0.15) is 10.6 Å². The Morgan fingerprint density at radius 1 is 1.42 bits per heavy atom. The van der Waals surface area contributed by atoms with Crippen LogP contribution >= 0.6 is 0 Å². The van der Waals surface area contributed by atoms with E-state index in [4.69, 9.17) is 10.2 Å². The van der Waals surface area contributed by atoms with Crippen molar-refractivity contribution in [2.24, 2.45) is 5.73 Å². The lowest BCUT2D eigenvalue weighted by Crippen LogP contribution is -2.29. The van der Waals surface area contributed by atoms with Crippen LogP contribution in [0.5, 0.6) is 0 Å². The van der Waals surface area contributed by atoms with Crippen LogP contribution in [0.25, 0.3) is 0 Å².